The summed E-state index contributed by atoms with van der Waals surface area (Å²) < 4.78 is 10.3. The van der Waals surface area contributed by atoms with E-state index in [1.165, 1.54) is 26.7 Å². The Labute approximate surface area is 175 Å². The Morgan fingerprint density at radius 2 is 1.77 bits per heavy atom. The Bertz CT molecular complexity index is 874. The van der Waals surface area contributed by atoms with Gasteiger partial charge in [0, 0.05) is 18.9 Å². The highest BCUT2D eigenvalue weighted by molar-refractivity contribution is 5.91. The van der Waals surface area contributed by atoms with E-state index in [0.717, 1.165) is 0 Å². The summed E-state index contributed by atoms with van der Waals surface area (Å²) in [5.74, 6) is 0.688. The lowest BCUT2D eigenvalue weighted by atomic mass is 10.0. The molecule has 0 aromatic carbocycles. The van der Waals surface area contributed by atoms with Crippen LogP contribution in [0, 0.1) is 11.8 Å². The summed E-state index contributed by atoms with van der Waals surface area (Å²) in [5, 5.41) is 5.45. The number of anilines is 2. The SMILES string of the molecule is COc1cc(C[C@H](C)CC(=O)Nc2cncnc2OC)nc(NC(=O)CC(C)C)n1. The molecule has 0 radical (unpaired) electrons. The van der Waals surface area contributed by atoms with Gasteiger partial charge in [-0.25, -0.2) is 9.97 Å². The molecule has 0 saturated heterocycles. The summed E-state index contributed by atoms with van der Waals surface area (Å²) in [4.78, 5) is 40.8. The molecule has 0 fully saturated rings. The maximum absolute atomic E-state index is 12.4. The lowest BCUT2D eigenvalue weighted by Crippen LogP contribution is -2.19. The Kier molecular flexibility index (Phi) is 8.45. The average Bonchev–Trinajstić information content (AvgIpc) is 2.67. The van der Waals surface area contributed by atoms with Gasteiger partial charge in [0.15, 0.2) is 0 Å². The van der Waals surface area contributed by atoms with Gasteiger partial charge in [0.05, 0.1) is 26.1 Å². The largest absolute Gasteiger partial charge is 0.481 e. The fourth-order valence-corrected chi connectivity index (χ4v) is 2.80. The van der Waals surface area contributed by atoms with Crippen molar-refractivity contribution in [2.45, 2.75) is 40.0 Å². The van der Waals surface area contributed by atoms with Crippen LogP contribution in [-0.4, -0.2) is 46.0 Å². The zero-order valence-electron chi connectivity index (χ0n) is 17.9. The summed E-state index contributed by atoms with van der Waals surface area (Å²) in [6, 6.07) is 1.70. The molecular formula is C20H28N6O4. The standard InChI is InChI=1S/C20H28N6O4/c1-12(2)6-16(27)25-20-23-14(9-18(26-20)29-4)7-13(3)8-17(28)24-15-10-21-11-22-19(15)30-5/h9-13H,6-8H2,1-5H3,(H,24,28)(H,23,25,26,27)/t13-/m0/s1. The van der Waals surface area contributed by atoms with Crippen LogP contribution in [0.5, 0.6) is 11.8 Å². The van der Waals surface area contributed by atoms with Crippen molar-refractivity contribution in [3.8, 4) is 11.8 Å². The lowest BCUT2D eigenvalue weighted by Gasteiger charge is -2.14. The number of nitrogens with one attached hydrogen (secondary N) is 2. The number of aromatic nitrogens is 4. The second-order valence-electron chi connectivity index (χ2n) is 7.38. The summed E-state index contributed by atoms with van der Waals surface area (Å²) in [5.41, 5.74) is 1.08. The molecule has 0 unspecified atom stereocenters. The van der Waals surface area contributed by atoms with Gasteiger partial charge in [0.1, 0.15) is 12.0 Å². The van der Waals surface area contributed by atoms with Crippen LogP contribution in [0.2, 0.25) is 0 Å². The molecule has 30 heavy (non-hydrogen) atoms. The Morgan fingerprint density at radius 1 is 1.03 bits per heavy atom. The summed E-state index contributed by atoms with van der Waals surface area (Å²) in [6.45, 7) is 5.85. The molecule has 0 saturated carbocycles. The monoisotopic (exact) mass is 416 g/mol. The van der Waals surface area contributed by atoms with E-state index in [9.17, 15) is 9.59 Å². The molecule has 0 bridgehead atoms. The number of methoxy groups -OCH3 is 2. The van der Waals surface area contributed by atoms with Gasteiger partial charge in [0.2, 0.25) is 29.5 Å². The molecule has 10 nitrogen and oxygen atoms in total. The van der Waals surface area contributed by atoms with Crippen molar-refractivity contribution < 1.29 is 19.1 Å². The molecule has 2 aromatic rings. The number of amides is 2. The smallest absolute Gasteiger partial charge is 0.240 e. The molecule has 0 aliphatic heterocycles. The zero-order chi connectivity index (χ0) is 22.1. The van der Waals surface area contributed by atoms with E-state index in [1.807, 2.05) is 20.8 Å². The van der Waals surface area contributed by atoms with Gasteiger partial charge in [0.25, 0.3) is 0 Å². The van der Waals surface area contributed by atoms with Gasteiger partial charge in [-0.2, -0.15) is 9.97 Å². The quantitative estimate of drug-likeness (QED) is 0.604. The van der Waals surface area contributed by atoms with Crippen LogP contribution in [-0.2, 0) is 16.0 Å². The molecule has 2 rings (SSSR count). The minimum absolute atomic E-state index is 0.0283. The van der Waals surface area contributed by atoms with Crippen molar-refractivity contribution in [1.82, 2.24) is 19.9 Å². The minimum atomic E-state index is -0.193. The fourth-order valence-electron chi connectivity index (χ4n) is 2.80. The van der Waals surface area contributed by atoms with Gasteiger partial charge >= 0.3 is 0 Å². The topological polar surface area (TPSA) is 128 Å². The first kappa shape index (κ1) is 23.0. The van der Waals surface area contributed by atoms with E-state index in [-0.39, 0.29) is 36.0 Å². The van der Waals surface area contributed by atoms with Crippen LogP contribution in [0.15, 0.2) is 18.6 Å². The first-order valence-electron chi connectivity index (χ1n) is 9.66. The zero-order valence-corrected chi connectivity index (χ0v) is 17.9. The highest BCUT2D eigenvalue weighted by Gasteiger charge is 2.16. The molecule has 2 heterocycles. The van der Waals surface area contributed by atoms with E-state index in [0.29, 0.717) is 36.0 Å². The van der Waals surface area contributed by atoms with Crippen LogP contribution in [0.3, 0.4) is 0 Å². The first-order valence-corrected chi connectivity index (χ1v) is 9.66. The fraction of sp³-hybridized carbons (Fsp3) is 0.500. The number of nitrogens with zero attached hydrogens (tertiary/aromatic N) is 4. The third-order valence-corrected chi connectivity index (χ3v) is 4.04. The number of carbonyl (C=O) groups excluding carboxylic acids is 2. The van der Waals surface area contributed by atoms with Gasteiger partial charge < -0.3 is 14.8 Å². The summed E-state index contributed by atoms with van der Waals surface area (Å²) >= 11 is 0. The molecule has 0 spiro atoms. The molecule has 2 N–H and O–H groups in total. The van der Waals surface area contributed by atoms with Crippen molar-refractivity contribution in [1.29, 1.82) is 0 Å². The third kappa shape index (κ3) is 7.26. The lowest BCUT2D eigenvalue weighted by molar-refractivity contribution is -0.117. The van der Waals surface area contributed by atoms with Gasteiger partial charge in [-0.05, 0) is 18.3 Å². The van der Waals surface area contributed by atoms with Crippen LogP contribution < -0.4 is 20.1 Å². The van der Waals surface area contributed by atoms with Gasteiger partial charge in [-0.1, -0.05) is 20.8 Å². The summed E-state index contributed by atoms with van der Waals surface area (Å²) in [6.07, 6.45) is 3.95. The number of hydrogen-bond acceptors (Lipinski definition) is 8. The molecule has 162 valence electrons. The number of carbonyl (C=O) groups is 2. The molecule has 0 aliphatic rings. The van der Waals surface area contributed by atoms with Crippen molar-refractivity contribution in [3.63, 3.8) is 0 Å². The van der Waals surface area contributed by atoms with Crippen molar-refractivity contribution in [2.24, 2.45) is 11.8 Å². The van der Waals surface area contributed by atoms with Crippen molar-refractivity contribution in [3.05, 3.63) is 24.3 Å². The minimum Gasteiger partial charge on any atom is -0.481 e. The van der Waals surface area contributed by atoms with Crippen LogP contribution in [0.4, 0.5) is 11.6 Å². The highest BCUT2D eigenvalue weighted by atomic mass is 16.5. The maximum Gasteiger partial charge on any atom is 0.240 e. The molecule has 2 amide bonds. The molecule has 1 atom stereocenters. The molecule has 0 aliphatic carbocycles. The van der Waals surface area contributed by atoms with E-state index in [2.05, 4.69) is 30.6 Å². The number of rotatable bonds is 10. The predicted octanol–water partition coefficient (Wildman–Crippen LogP) is 2.48. The summed E-state index contributed by atoms with van der Waals surface area (Å²) in [7, 11) is 2.97. The Morgan fingerprint density at radius 3 is 2.43 bits per heavy atom. The van der Waals surface area contributed by atoms with E-state index < -0.39 is 0 Å². The van der Waals surface area contributed by atoms with Crippen LogP contribution in [0.1, 0.15) is 39.3 Å². The second kappa shape index (κ2) is 11.0. The Hall–Kier alpha value is -3.30. The van der Waals surface area contributed by atoms with E-state index in [1.54, 1.807) is 6.07 Å². The molecule has 2 aromatic heterocycles. The number of ether oxygens (including phenoxy) is 2. The second-order valence-corrected chi connectivity index (χ2v) is 7.38. The maximum atomic E-state index is 12.4. The average molecular weight is 416 g/mol. The van der Waals surface area contributed by atoms with Crippen molar-refractivity contribution >= 4 is 23.5 Å². The van der Waals surface area contributed by atoms with Crippen LogP contribution in [0.25, 0.3) is 0 Å². The van der Waals surface area contributed by atoms with Crippen LogP contribution >= 0.6 is 0 Å². The van der Waals surface area contributed by atoms with E-state index >= 15 is 0 Å². The van der Waals surface area contributed by atoms with E-state index in [4.69, 9.17) is 9.47 Å². The van der Waals surface area contributed by atoms with Gasteiger partial charge in [-0.3, -0.25) is 14.9 Å². The molecular weight excluding hydrogens is 388 g/mol. The third-order valence-electron chi connectivity index (χ3n) is 4.04. The predicted molar refractivity (Wildman–Crippen MR) is 111 cm³/mol. The number of hydrogen-bond donors (Lipinski definition) is 2. The highest BCUT2D eigenvalue weighted by Crippen LogP contribution is 2.21. The Balaban J connectivity index is 2.01. The normalized spacial score (nSPS) is 11.7. The van der Waals surface area contributed by atoms with Gasteiger partial charge in [-0.15, -0.1) is 0 Å². The first-order chi connectivity index (χ1) is 14.3. The molecule has 10 heteroatoms. The van der Waals surface area contributed by atoms with Crippen molar-refractivity contribution in [2.75, 3.05) is 24.9 Å².